The van der Waals surface area contributed by atoms with E-state index in [1.165, 1.54) is 0 Å². The van der Waals surface area contributed by atoms with Crippen LogP contribution in [0.25, 0.3) is 0 Å². The van der Waals surface area contributed by atoms with Gasteiger partial charge in [0.1, 0.15) is 0 Å². The van der Waals surface area contributed by atoms with E-state index >= 15 is 0 Å². The zero-order valence-electron chi connectivity index (χ0n) is 11.6. The molecule has 1 aromatic rings. The second kappa shape index (κ2) is 6.69. The van der Waals surface area contributed by atoms with E-state index in [1.54, 1.807) is 0 Å². The quantitative estimate of drug-likeness (QED) is 0.793. The van der Waals surface area contributed by atoms with Gasteiger partial charge in [0, 0.05) is 0 Å². The van der Waals surface area contributed by atoms with Crippen LogP contribution in [0.1, 0.15) is 65.4 Å². The second-order valence-electron chi connectivity index (χ2n) is 5.14. The maximum Gasteiger partial charge on any atom is 0.168 e. The fraction of sp³-hybridized carbons (Fsp3) is 0.917. The van der Waals surface area contributed by atoms with Crippen LogP contribution < -0.4 is 5.32 Å². The maximum atomic E-state index is 4.14. The summed E-state index contributed by atoms with van der Waals surface area (Å²) in [4.78, 5) is 0. The van der Waals surface area contributed by atoms with Gasteiger partial charge < -0.3 is 5.32 Å². The Bertz CT molecular complexity index is 320. The first-order valence-corrected chi connectivity index (χ1v) is 6.57. The number of aromatic nitrogens is 4. The van der Waals surface area contributed by atoms with Crippen molar-refractivity contribution in [2.75, 3.05) is 6.54 Å². The molecule has 0 aliphatic rings. The van der Waals surface area contributed by atoms with Crippen LogP contribution in [0.5, 0.6) is 0 Å². The van der Waals surface area contributed by atoms with Gasteiger partial charge in [-0.05, 0) is 49.6 Å². The molecule has 5 heteroatoms. The minimum absolute atomic E-state index is 0.208. The van der Waals surface area contributed by atoms with Crippen LogP contribution in [0, 0.1) is 5.92 Å². The van der Waals surface area contributed by atoms with Crippen molar-refractivity contribution >= 4 is 0 Å². The van der Waals surface area contributed by atoms with Gasteiger partial charge >= 0.3 is 0 Å². The zero-order valence-corrected chi connectivity index (χ0v) is 11.6. The minimum atomic E-state index is 0.208. The number of tetrazole rings is 1. The van der Waals surface area contributed by atoms with Crippen LogP contribution >= 0.6 is 0 Å². The molecule has 17 heavy (non-hydrogen) atoms. The number of hydrogen-bond acceptors (Lipinski definition) is 4. The molecule has 98 valence electrons. The summed E-state index contributed by atoms with van der Waals surface area (Å²) in [5.74, 6) is 1.59. The molecule has 0 spiro atoms. The first-order valence-electron chi connectivity index (χ1n) is 6.57. The molecule has 0 fully saturated rings. The van der Waals surface area contributed by atoms with Crippen LogP contribution in [0.15, 0.2) is 0 Å². The molecular formula is C12H25N5. The normalized spacial score (nSPS) is 15.2. The predicted molar refractivity (Wildman–Crippen MR) is 68.7 cm³/mol. The van der Waals surface area contributed by atoms with Crippen LogP contribution in [0.3, 0.4) is 0 Å². The highest BCUT2D eigenvalue weighted by molar-refractivity contribution is 4.91. The second-order valence-corrected chi connectivity index (χ2v) is 5.14. The van der Waals surface area contributed by atoms with Crippen LogP contribution in [-0.2, 0) is 0 Å². The largest absolute Gasteiger partial charge is 0.307 e. The summed E-state index contributed by atoms with van der Waals surface area (Å²) in [5.41, 5.74) is 0. The van der Waals surface area contributed by atoms with E-state index < -0.39 is 0 Å². The average molecular weight is 239 g/mol. The lowest BCUT2D eigenvalue weighted by Crippen LogP contribution is -2.24. The van der Waals surface area contributed by atoms with Crippen molar-refractivity contribution in [3.8, 4) is 0 Å². The Morgan fingerprint density at radius 2 is 1.94 bits per heavy atom. The first kappa shape index (κ1) is 14.1. The van der Waals surface area contributed by atoms with E-state index in [-0.39, 0.29) is 6.04 Å². The van der Waals surface area contributed by atoms with Crippen molar-refractivity contribution in [1.82, 2.24) is 25.5 Å². The Labute approximate surface area is 104 Å². The van der Waals surface area contributed by atoms with Crippen molar-refractivity contribution in [1.29, 1.82) is 0 Å². The molecule has 0 amide bonds. The molecule has 0 aliphatic carbocycles. The molecule has 0 saturated heterocycles. The molecule has 1 N–H and O–H groups in total. The molecule has 2 unspecified atom stereocenters. The van der Waals surface area contributed by atoms with Gasteiger partial charge in [-0.25, -0.2) is 4.68 Å². The maximum absolute atomic E-state index is 4.14. The Morgan fingerprint density at radius 1 is 1.24 bits per heavy atom. The molecule has 0 bridgehead atoms. The summed E-state index contributed by atoms with van der Waals surface area (Å²) in [7, 11) is 0. The summed E-state index contributed by atoms with van der Waals surface area (Å²) >= 11 is 0. The van der Waals surface area contributed by atoms with Gasteiger partial charge in [0.15, 0.2) is 5.82 Å². The van der Waals surface area contributed by atoms with Crippen molar-refractivity contribution in [2.24, 2.45) is 5.92 Å². The SMILES string of the molecule is CCCNC(C)c1nnnn1C(C)CC(C)C. The van der Waals surface area contributed by atoms with E-state index in [4.69, 9.17) is 0 Å². The smallest absolute Gasteiger partial charge is 0.168 e. The van der Waals surface area contributed by atoms with E-state index in [9.17, 15) is 0 Å². The molecule has 1 aromatic heterocycles. The van der Waals surface area contributed by atoms with Crippen LogP contribution in [0.4, 0.5) is 0 Å². The highest BCUT2D eigenvalue weighted by Gasteiger charge is 2.18. The highest BCUT2D eigenvalue weighted by Crippen LogP contribution is 2.19. The molecule has 1 heterocycles. The summed E-state index contributed by atoms with van der Waals surface area (Å²) in [6.45, 7) is 11.9. The van der Waals surface area contributed by atoms with E-state index in [0.717, 1.165) is 25.2 Å². The molecule has 0 aliphatic heterocycles. The van der Waals surface area contributed by atoms with Crippen LogP contribution in [0.2, 0.25) is 0 Å². The Kier molecular flexibility index (Phi) is 5.55. The summed E-state index contributed by atoms with van der Waals surface area (Å²) in [6, 6.07) is 0.561. The van der Waals surface area contributed by atoms with Gasteiger partial charge in [0.05, 0.1) is 12.1 Å². The lowest BCUT2D eigenvalue weighted by molar-refractivity contribution is 0.367. The topological polar surface area (TPSA) is 55.6 Å². The lowest BCUT2D eigenvalue weighted by atomic mass is 10.1. The number of nitrogens with one attached hydrogen (secondary N) is 1. The molecule has 2 atom stereocenters. The minimum Gasteiger partial charge on any atom is -0.307 e. The lowest BCUT2D eigenvalue weighted by Gasteiger charge is -2.18. The molecular weight excluding hydrogens is 214 g/mol. The fourth-order valence-electron chi connectivity index (χ4n) is 2.03. The van der Waals surface area contributed by atoms with Crippen LogP contribution in [-0.4, -0.2) is 26.8 Å². The van der Waals surface area contributed by atoms with Gasteiger partial charge in [-0.2, -0.15) is 0 Å². The number of hydrogen-bond donors (Lipinski definition) is 1. The summed E-state index contributed by atoms with van der Waals surface area (Å²) in [6.07, 6.45) is 2.21. The zero-order chi connectivity index (χ0) is 12.8. The Hall–Kier alpha value is -0.970. The van der Waals surface area contributed by atoms with E-state index in [2.05, 4.69) is 55.5 Å². The first-order chi connectivity index (χ1) is 8.06. The summed E-state index contributed by atoms with van der Waals surface area (Å²) in [5, 5.41) is 15.5. The molecule has 5 nitrogen and oxygen atoms in total. The molecule has 0 aromatic carbocycles. The Morgan fingerprint density at radius 3 is 2.53 bits per heavy atom. The number of nitrogens with zero attached hydrogens (tertiary/aromatic N) is 4. The van der Waals surface area contributed by atoms with Crippen molar-refractivity contribution < 1.29 is 0 Å². The van der Waals surface area contributed by atoms with Crippen molar-refractivity contribution in [3.63, 3.8) is 0 Å². The van der Waals surface area contributed by atoms with Crippen molar-refractivity contribution in [2.45, 2.75) is 59.5 Å². The summed E-state index contributed by atoms with van der Waals surface area (Å²) < 4.78 is 1.95. The van der Waals surface area contributed by atoms with Crippen molar-refractivity contribution in [3.05, 3.63) is 5.82 Å². The third kappa shape index (κ3) is 4.07. The third-order valence-electron chi connectivity index (χ3n) is 2.84. The molecule has 0 saturated carbocycles. The molecule has 1 rings (SSSR count). The fourth-order valence-corrected chi connectivity index (χ4v) is 2.03. The third-order valence-corrected chi connectivity index (χ3v) is 2.84. The monoisotopic (exact) mass is 239 g/mol. The van der Waals surface area contributed by atoms with Gasteiger partial charge in [-0.15, -0.1) is 5.10 Å². The average Bonchev–Trinajstić information content (AvgIpc) is 2.73. The molecule has 0 radical (unpaired) electrons. The van der Waals surface area contributed by atoms with E-state index in [0.29, 0.717) is 12.0 Å². The van der Waals surface area contributed by atoms with Gasteiger partial charge in [0.25, 0.3) is 0 Å². The van der Waals surface area contributed by atoms with E-state index in [1.807, 2.05) is 4.68 Å². The predicted octanol–water partition coefficient (Wildman–Crippen LogP) is 2.34. The Balaban J connectivity index is 2.70. The standard InChI is InChI=1S/C12H25N5/c1-6-7-13-11(5)12-14-15-16-17(12)10(4)8-9(2)3/h9-11,13H,6-8H2,1-5H3. The van der Waals surface area contributed by atoms with Gasteiger partial charge in [0.2, 0.25) is 0 Å². The van der Waals surface area contributed by atoms with Gasteiger partial charge in [-0.3, -0.25) is 0 Å². The highest BCUT2D eigenvalue weighted by atomic mass is 15.6. The van der Waals surface area contributed by atoms with Gasteiger partial charge in [-0.1, -0.05) is 20.8 Å². The number of rotatable bonds is 7.